The molecule has 2 aliphatic heterocycles. The van der Waals surface area contributed by atoms with E-state index < -0.39 is 46.7 Å². The van der Waals surface area contributed by atoms with E-state index in [1.807, 2.05) is 38.1 Å². The summed E-state index contributed by atoms with van der Waals surface area (Å²) in [5.74, 6) is -0.735. The second-order valence-electron chi connectivity index (χ2n) is 16.8. The van der Waals surface area contributed by atoms with Gasteiger partial charge in [0, 0.05) is 50.7 Å². The van der Waals surface area contributed by atoms with Gasteiger partial charge in [0.2, 0.25) is 17.2 Å². The second-order valence-corrected chi connectivity index (χ2v) is 16.8. The van der Waals surface area contributed by atoms with Crippen LogP contribution in [0.15, 0.2) is 129 Å². The Bertz CT molecular complexity index is 3230. The zero-order chi connectivity index (χ0) is 43.8. The number of ether oxygens (including phenoxy) is 7. The first kappa shape index (κ1) is 40.3. The van der Waals surface area contributed by atoms with Gasteiger partial charge in [0.25, 0.3) is 0 Å². The van der Waals surface area contributed by atoms with Crippen LogP contribution in [0.5, 0.6) is 23.0 Å². The van der Waals surface area contributed by atoms with Crippen LogP contribution in [0, 0.1) is 0 Å². The summed E-state index contributed by atoms with van der Waals surface area (Å²) < 4.78 is 73.5. The van der Waals surface area contributed by atoms with Crippen molar-refractivity contribution < 1.29 is 60.4 Å². The van der Waals surface area contributed by atoms with Gasteiger partial charge in [0.05, 0.1) is 30.0 Å². The molecule has 0 unspecified atom stereocenters. The highest BCUT2D eigenvalue weighted by molar-refractivity contribution is 6.01. The van der Waals surface area contributed by atoms with Gasteiger partial charge in [-0.05, 0) is 94.8 Å². The number of aliphatic hydroxyl groups is 1. The van der Waals surface area contributed by atoms with Crippen LogP contribution in [0.3, 0.4) is 0 Å². The lowest BCUT2D eigenvalue weighted by atomic mass is 10.0. The first-order chi connectivity index (χ1) is 30.2. The van der Waals surface area contributed by atoms with E-state index in [-0.39, 0.29) is 54.0 Å². The molecule has 0 amide bonds. The van der Waals surface area contributed by atoms with E-state index in [1.54, 1.807) is 57.2 Å². The smallest absolute Gasteiger partial charge is 0.350 e. The van der Waals surface area contributed by atoms with Crippen LogP contribution in [-0.4, -0.2) is 60.4 Å². The van der Waals surface area contributed by atoms with Gasteiger partial charge in [-0.1, -0.05) is 6.58 Å². The monoisotopic (exact) mass is 858 g/mol. The van der Waals surface area contributed by atoms with Crippen molar-refractivity contribution in [3.8, 4) is 23.0 Å². The number of furan rings is 3. The lowest BCUT2D eigenvalue weighted by Crippen LogP contribution is -2.46. The molecule has 3 aromatic carbocycles. The predicted molar refractivity (Wildman–Crippen MR) is 229 cm³/mol. The van der Waals surface area contributed by atoms with E-state index in [0.29, 0.717) is 38.7 Å². The first-order valence-corrected chi connectivity index (χ1v) is 20.3. The number of benzene rings is 3. The Hall–Kier alpha value is -6.78. The molecule has 10 rings (SSSR count). The Morgan fingerprint density at radius 1 is 0.746 bits per heavy atom. The van der Waals surface area contributed by atoms with Crippen LogP contribution in [0.1, 0.15) is 40.2 Å². The number of hydrogen-bond donors (Lipinski definition) is 1. The summed E-state index contributed by atoms with van der Waals surface area (Å²) in [6.07, 6.45) is 5.44. The number of rotatable bonds is 13. The summed E-state index contributed by atoms with van der Waals surface area (Å²) in [4.78, 5) is 24.4. The molecule has 1 fully saturated rings. The molecule has 0 saturated carbocycles. The molecule has 15 nitrogen and oxygen atoms in total. The van der Waals surface area contributed by atoms with Crippen molar-refractivity contribution in [2.75, 3.05) is 19.8 Å². The minimum absolute atomic E-state index is 0.0318. The molecule has 15 heteroatoms. The third-order valence-electron chi connectivity index (χ3n) is 11.4. The van der Waals surface area contributed by atoms with Crippen molar-refractivity contribution >= 4 is 60.9 Å². The van der Waals surface area contributed by atoms with Crippen LogP contribution in [0.2, 0.25) is 0 Å². The number of fused-ring (bicyclic) bond motifs is 6. The first-order valence-electron chi connectivity index (χ1n) is 20.3. The van der Waals surface area contributed by atoms with Gasteiger partial charge in [-0.2, -0.15) is 0 Å². The van der Waals surface area contributed by atoms with Crippen LogP contribution >= 0.6 is 0 Å². The van der Waals surface area contributed by atoms with E-state index in [0.717, 1.165) is 16.2 Å². The van der Waals surface area contributed by atoms with Gasteiger partial charge in [0.15, 0.2) is 33.7 Å². The SMILES string of the molecule is C=C(C)[C@@H](COc1c2occc2cc2ccc(=O)oc12)OC(C)(C)[C@H](O)COc1c2c(cc3ccoc13)C=C[C@@]1(O2)O[C@H](COc2c3occc3cc3ccc(=O)oc23)C(C)(C)O1. The molecule has 1 spiro atoms. The topological polar surface area (TPSA) is 185 Å². The van der Waals surface area contributed by atoms with Crippen molar-refractivity contribution in [1.29, 1.82) is 0 Å². The highest BCUT2D eigenvalue weighted by atomic mass is 16.9. The second kappa shape index (κ2) is 14.9. The normalized spacial score (nSPS) is 19.2. The molecule has 0 aliphatic carbocycles. The fourth-order valence-electron chi connectivity index (χ4n) is 7.84. The molecule has 63 heavy (non-hydrogen) atoms. The fourth-order valence-corrected chi connectivity index (χ4v) is 7.84. The van der Waals surface area contributed by atoms with Crippen LogP contribution < -0.4 is 30.2 Å². The average Bonchev–Trinajstić information content (AvgIpc) is 4.06. The van der Waals surface area contributed by atoms with E-state index in [9.17, 15) is 14.7 Å². The summed E-state index contributed by atoms with van der Waals surface area (Å²) in [7, 11) is 0. The number of hydrogen-bond acceptors (Lipinski definition) is 15. The summed E-state index contributed by atoms with van der Waals surface area (Å²) >= 11 is 0. The van der Waals surface area contributed by atoms with Crippen molar-refractivity contribution in [2.45, 2.75) is 70.1 Å². The summed E-state index contributed by atoms with van der Waals surface area (Å²) in [5.41, 5.74) is -0.287. The Morgan fingerprint density at radius 3 is 1.89 bits per heavy atom. The van der Waals surface area contributed by atoms with Gasteiger partial charge in [-0.3, -0.25) is 0 Å². The Labute approximate surface area is 357 Å². The van der Waals surface area contributed by atoms with Gasteiger partial charge in [-0.15, -0.1) is 0 Å². The maximum atomic E-state index is 12.2. The predicted octanol–water partition coefficient (Wildman–Crippen LogP) is 9.03. The highest BCUT2D eigenvalue weighted by Gasteiger charge is 2.55. The van der Waals surface area contributed by atoms with Crippen molar-refractivity contribution in [1.82, 2.24) is 0 Å². The summed E-state index contributed by atoms with van der Waals surface area (Å²) in [6.45, 7) is 12.7. The fraction of sp³-hybridized carbons (Fsp3) is 0.292. The lowest BCUT2D eigenvalue weighted by Gasteiger charge is -2.35. The molecular formula is C48H42O15. The molecule has 2 aliphatic rings. The summed E-state index contributed by atoms with van der Waals surface area (Å²) in [5, 5.41) is 15.3. The lowest BCUT2D eigenvalue weighted by molar-refractivity contribution is -0.271. The number of aliphatic hydroxyl groups excluding tert-OH is 1. The molecule has 1 N–H and O–H groups in total. The maximum Gasteiger partial charge on any atom is 0.350 e. The van der Waals surface area contributed by atoms with Gasteiger partial charge >= 0.3 is 17.2 Å². The van der Waals surface area contributed by atoms with E-state index in [4.69, 9.17) is 55.2 Å². The molecule has 0 bridgehead atoms. The van der Waals surface area contributed by atoms with Crippen LogP contribution in [0.4, 0.5) is 0 Å². The van der Waals surface area contributed by atoms with Gasteiger partial charge in [0.1, 0.15) is 38.1 Å². The third kappa shape index (κ3) is 7.22. The van der Waals surface area contributed by atoms with E-state index in [1.165, 1.54) is 30.9 Å². The molecule has 4 atom stereocenters. The minimum atomic E-state index is -1.71. The molecule has 5 aromatic heterocycles. The quantitative estimate of drug-likeness (QED) is 0.0855. The molecule has 324 valence electrons. The Balaban J connectivity index is 0.863. The minimum Gasteiger partial charge on any atom is -0.483 e. The van der Waals surface area contributed by atoms with Crippen LogP contribution in [-0.2, 0) is 14.2 Å². The third-order valence-corrected chi connectivity index (χ3v) is 11.4. The molecule has 8 aromatic rings. The molecule has 0 radical (unpaired) electrons. The zero-order valence-electron chi connectivity index (χ0n) is 34.9. The molecular weight excluding hydrogens is 817 g/mol. The highest BCUT2D eigenvalue weighted by Crippen LogP contribution is 2.49. The van der Waals surface area contributed by atoms with Crippen LogP contribution in [0.25, 0.3) is 60.9 Å². The average molecular weight is 859 g/mol. The largest absolute Gasteiger partial charge is 0.483 e. The van der Waals surface area contributed by atoms with E-state index >= 15 is 0 Å². The van der Waals surface area contributed by atoms with Crippen molar-refractivity contribution in [2.24, 2.45) is 0 Å². The van der Waals surface area contributed by atoms with Crippen molar-refractivity contribution in [3.05, 3.63) is 124 Å². The molecule has 7 heterocycles. The summed E-state index contributed by atoms with van der Waals surface area (Å²) in [6, 6.07) is 17.0. The molecule has 1 saturated heterocycles. The Kier molecular flexibility index (Phi) is 9.56. The van der Waals surface area contributed by atoms with E-state index in [2.05, 4.69) is 6.58 Å². The van der Waals surface area contributed by atoms with Gasteiger partial charge in [-0.25, -0.2) is 9.59 Å². The zero-order valence-corrected chi connectivity index (χ0v) is 34.9. The van der Waals surface area contributed by atoms with Gasteiger partial charge < -0.3 is 60.4 Å². The standard InChI is InChI=1S/C48H42O15/c1-25(2)32(22-55-43-37-29(12-16-52-37)19-26-7-9-35(50)58-40(26)43)60-46(3,4)33(49)23-56-45-39-31(14-18-54-39)21-28-11-15-48(62-42(28)45)61-34(47(5,6)63-48)24-57-44-38-30(13-17-53-38)20-27-8-10-36(51)59-41(27)44/h7-21,32-34,49H,1,22-24H2,2-6H3/t32-,33-,34-,48+/m1/s1. The maximum absolute atomic E-state index is 12.2. The Morgan fingerprint density at radius 2 is 1.29 bits per heavy atom. The van der Waals surface area contributed by atoms with Crippen molar-refractivity contribution in [3.63, 3.8) is 0 Å².